The molecule has 0 bridgehead atoms. The number of rotatable bonds is 8. The average molecular weight is 303 g/mol. The molecule has 3 amide bonds. The van der Waals surface area contributed by atoms with Crippen molar-refractivity contribution in [2.24, 2.45) is 5.73 Å². The Hall–Kier alpha value is -1.15. The Labute approximate surface area is 121 Å². The number of nitrogens with two attached hydrogens (primary N) is 1. The van der Waals surface area contributed by atoms with Crippen LogP contribution < -0.4 is 11.1 Å². The molecule has 6 nitrogen and oxygen atoms in total. The van der Waals surface area contributed by atoms with Gasteiger partial charge >= 0.3 is 0 Å². The van der Waals surface area contributed by atoms with Crippen molar-refractivity contribution in [1.29, 1.82) is 0 Å². The summed E-state index contributed by atoms with van der Waals surface area (Å²) in [6.45, 7) is 0.500. The molecule has 1 fully saturated rings. The molecule has 0 atom stereocenters. The summed E-state index contributed by atoms with van der Waals surface area (Å²) in [6, 6.07) is 0. The van der Waals surface area contributed by atoms with E-state index in [9.17, 15) is 14.4 Å². The minimum atomic E-state index is -0.549. The number of carbonyl (C=O) groups is 3. The molecule has 1 heterocycles. The van der Waals surface area contributed by atoms with Crippen molar-refractivity contribution in [3.63, 3.8) is 0 Å². The molecule has 0 spiro atoms. The molecule has 0 aromatic heterocycles. The first kappa shape index (κ1) is 15.9. The molecule has 8 heteroatoms. The fourth-order valence-corrected chi connectivity index (χ4v) is 2.73. The first-order valence-corrected chi connectivity index (χ1v) is 7.42. The predicted octanol–water partition coefficient (Wildman–Crippen LogP) is 0.00860. The largest absolute Gasteiger partial charge is 0.368 e. The van der Waals surface area contributed by atoms with Crippen LogP contribution in [0.15, 0.2) is 0 Å². The van der Waals surface area contributed by atoms with E-state index in [1.54, 1.807) is 4.90 Å². The van der Waals surface area contributed by atoms with Gasteiger partial charge in [-0.15, -0.1) is 0 Å². The summed E-state index contributed by atoms with van der Waals surface area (Å²) >= 11 is 6.45. The lowest BCUT2D eigenvalue weighted by molar-refractivity contribution is -0.125. The molecule has 0 aromatic carbocycles. The summed E-state index contributed by atoms with van der Waals surface area (Å²) in [5.41, 5.74) is 4.91. The Kier molecular flexibility index (Phi) is 6.79. The van der Waals surface area contributed by atoms with Crippen molar-refractivity contribution >= 4 is 46.0 Å². The van der Waals surface area contributed by atoms with Gasteiger partial charge in [0.2, 0.25) is 17.7 Å². The summed E-state index contributed by atoms with van der Waals surface area (Å²) in [6.07, 6.45) is 2.73. The Morgan fingerprint density at radius 3 is 2.68 bits per heavy atom. The summed E-state index contributed by atoms with van der Waals surface area (Å²) in [5.74, 6) is -0.225. The number of unbranched alkanes of at least 4 members (excludes halogenated alkanes) is 2. The van der Waals surface area contributed by atoms with Gasteiger partial charge in [0.15, 0.2) is 0 Å². The summed E-state index contributed by atoms with van der Waals surface area (Å²) in [4.78, 5) is 34.7. The van der Waals surface area contributed by atoms with Crippen LogP contribution in [0, 0.1) is 0 Å². The van der Waals surface area contributed by atoms with Crippen molar-refractivity contribution in [2.45, 2.75) is 25.7 Å². The normalized spacial score (nSPS) is 14.8. The monoisotopic (exact) mass is 303 g/mol. The number of thiocarbonyl (C=S) groups is 1. The molecule has 1 aliphatic heterocycles. The highest BCUT2D eigenvalue weighted by atomic mass is 32.2. The average Bonchev–Trinajstić information content (AvgIpc) is 2.67. The smallest absolute Gasteiger partial charge is 0.238 e. The van der Waals surface area contributed by atoms with Gasteiger partial charge in [0.05, 0.1) is 12.3 Å². The predicted molar refractivity (Wildman–Crippen MR) is 77.4 cm³/mol. The molecular weight excluding hydrogens is 286 g/mol. The third-order valence-corrected chi connectivity index (χ3v) is 4.02. The highest BCUT2D eigenvalue weighted by Gasteiger charge is 2.25. The molecular formula is C11H17N3O3S2. The van der Waals surface area contributed by atoms with Gasteiger partial charge in [-0.3, -0.25) is 19.3 Å². The lowest BCUT2D eigenvalue weighted by Crippen LogP contribution is -2.33. The lowest BCUT2D eigenvalue weighted by Gasteiger charge is -2.14. The van der Waals surface area contributed by atoms with Crippen molar-refractivity contribution in [3.8, 4) is 0 Å². The molecule has 1 saturated heterocycles. The zero-order chi connectivity index (χ0) is 14.3. The molecule has 19 heavy (non-hydrogen) atoms. The molecule has 1 aliphatic rings. The van der Waals surface area contributed by atoms with E-state index in [1.165, 1.54) is 11.8 Å². The van der Waals surface area contributed by atoms with E-state index in [0.717, 1.165) is 12.8 Å². The number of hydrogen-bond acceptors (Lipinski definition) is 5. The highest BCUT2D eigenvalue weighted by Crippen LogP contribution is 2.19. The van der Waals surface area contributed by atoms with E-state index in [0.29, 0.717) is 29.5 Å². The van der Waals surface area contributed by atoms with E-state index < -0.39 is 5.91 Å². The quantitative estimate of drug-likeness (QED) is 0.487. The van der Waals surface area contributed by atoms with Crippen molar-refractivity contribution in [1.82, 2.24) is 10.2 Å². The second-order valence-corrected chi connectivity index (χ2v) is 5.76. The fourth-order valence-electron chi connectivity index (χ4n) is 1.60. The fraction of sp³-hybridized carbons (Fsp3) is 0.636. The van der Waals surface area contributed by atoms with Crippen LogP contribution >= 0.6 is 24.0 Å². The first-order valence-electron chi connectivity index (χ1n) is 6.03. The van der Waals surface area contributed by atoms with Crippen LogP contribution in [0.3, 0.4) is 0 Å². The maximum absolute atomic E-state index is 11.4. The molecule has 0 aliphatic carbocycles. The van der Waals surface area contributed by atoms with E-state index in [2.05, 4.69) is 5.32 Å². The minimum absolute atomic E-state index is 0.0641. The van der Waals surface area contributed by atoms with Crippen LogP contribution in [0.4, 0.5) is 0 Å². The van der Waals surface area contributed by atoms with Gasteiger partial charge < -0.3 is 11.1 Å². The Morgan fingerprint density at radius 1 is 1.37 bits per heavy atom. The number of carbonyl (C=O) groups excluding carboxylic acids is 3. The van der Waals surface area contributed by atoms with Crippen LogP contribution in [0.5, 0.6) is 0 Å². The molecule has 0 radical (unpaired) electrons. The summed E-state index contributed by atoms with van der Waals surface area (Å²) < 4.78 is 0.643. The van der Waals surface area contributed by atoms with E-state index >= 15 is 0 Å². The third-order valence-electron chi connectivity index (χ3n) is 2.59. The van der Waals surface area contributed by atoms with Crippen LogP contribution in [0.1, 0.15) is 25.7 Å². The molecule has 1 rings (SSSR count). The van der Waals surface area contributed by atoms with Gasteiger partial charge in [0.1, 0.15) is 4.32 Å². The number of primary amides is 1. The Morgan fingerprint density at radius 2 is 2.11 bits per heavy atom. The van der Waals surface area contributed by atoms with Crippen molar-refractivity contribution in [3.05, 3.63) is 0 Å². The molecule has 3 N–H and O–H groups in total. The van der Waals surface area contributed by atoms with E-state index in [4.69, 9.17) is 18.0 Å². The van der Waals surface area contributed by atoms with Crippen molar-refractivity contribution in [2.75, 3.05) is 18.8 Å². The van der Waals surface area contributed by atoms with Crippen molar-refractivity contribution < 1.29 is 14.4 Å². The minimum Gasteiger partial charge on any atom is -0.368 e. The lowest BCUT2D eigenvalue weighted by atomic mass is 10.2. The topological polar surface area (TPSA) is 92.5 Å². The van der Waals surface area contributed by atoms with Crippen LogP contribution in [0.25, 0.3) is 0 Å². The molecule has 0 aromatic rings. The van der Waals surface area contributed by atoms with Gasteiger partial charge in [-0.25, -0.2) is 0 Å². The maximum atomic E-state index is 11.4. The van der Waals surface area contributed by atoms with E-state index in [1.807, 2.05) is 0 Å². The van der Waals surface area contributed by atoms with Gasteiger partial charge in [-0.2, -0.15) is 0 Å². The first-order chi connectivity index (χ1) is 9.00. The summed E-state index contributed by atoms with van der Waals surface area (Å²) in [5, 5.41) is 2.43. The highest BCUT2D eigenvalue weighted by molar-refractivity contribution is 8.23. The standard InChI is InChI=1S/C11H17N3O3S2/c12-8(15)6-13-9(16)4-2-1-3-5-14-10(17)7-19-11(14)18/h1-7H2,(H2,12,15)(H,13,16). The second kappa shape index (κ2) is 8.11. The number of nitrogens with one attached hydrogen (secondary N) is 1. The van der Waals surface area contributed by atoms with Gasteiger partial charge in [-0.05, 0) is 12.8 Å². The van der Waals surface area contributed by atoms with Crippen LogP contribution in [-0.4, -0.2) is 45.8 Å². The zero-order valence-electron chi connectivity index (χ0n) is 10.5. The Bertz CT molecular complexity index is 371. The van der Waals surface area contributed by atoms with Crippen LogP contribution in [0.2, 0.25) is 0 Å². The molecule has 0 unspecified atom stereocenters. The third kappa shape index (κ3) is 6.02. The Balaban J connectivity index is 2.05. The number of amides is 3. The van der Waals surface area contributed by atoms with Gasteiger partial charge in [0, 0.05) is 13.0 Å². The number of thioether (sulfide) groups is 1. The van der Waals surface area contributed by atoms with E-state index in [-0.39, 0.29) is 18.4 Å². The number of hydrogen-bond donors (Lipinski definition) is 2. The second-order valence-electron chi connectivity index (χ2n) is 4.15. The number of nitrogens with zero attached hydrogens (tertiary/aromatic N) is 1. The zero-order valence-corrected chi connectivity index (χ0v) is 12.1. The van der Waals surface area contributed by atoms with Gasteiger partial charge in [0.25, 0.3) is 0 Å². The molecule has 106 valence electrons. The summed E-state index contributed by atoms with van der Waals surface area (Å²) in [7, 11) is 0. The van der Waals surface area contributed by atoms with Gasteiger partial charge in [-0.1, -0.05) is 30.4 Å². The maximum Gasteiger partial charge on any atom is 0.238 e. The van der Waals surface area contributed by atoms with Crippen LogP contribution in [-0.2, 0) is 14.4 Å². The molecule has 0 saturated carbocycles. The SMILES string of the molecule is NC(=O)CNC(=O)CCCCCN1C(=O)CSC1=S.